The number of anilines is 1. The molecule has 0 unspecified atom stereocenters. The summed E-state index contributed by atoms with van der Waals surface area (Å²) in [6.07, 6.45) is 1.73. The van der Waals surface area contributed by atoms with Crippen LogP contribution in [0.1, 0.15) is 32.0 Å². The average Bonchev–Trinajstić information content (AvgIpc) is 3.18. The van der Waals surface area contributed by atoms with Crippen LogP contribution < -0.4 is 20.5 Å². The molecule has 1 aromatic carbocycles. The highest BCUT2D eigenvalue weighted by atomic mass is 16.7. The summed E-state index contributed by atoms with van der Waals surface area (Å²) < 4.78 is 12.2. The molecule has 2 aromatic heterocycles. The van der Waals surface area contributed by atoms with Crippen molar-refractivity contribution in [3.63, 3.8) is 0 Å². The lowest BCUT2D eigenvalue weighted by atomic mass is 9.93. The molecule has 0 amide bonds. The zero-order valence-corrected chi connectivity index (χ0v) is 14.3. The van der Waals surface area contributed by atoms with Crippen LogP contribution in [0.2, 0.25) is 0 Å². The highest BCUT2D eigenvalue weighted by Gasteiger charge is 2.20. The topological polar surface area (TPSA) is 93.5 Å². The van der Waals surface area contributed by atoms with E-state index in [1.165, 1.54) is 4.40 Å². The van der Waals surface area contributed by atoms with Gasteiger partial charge in [-0.15, -0.1) is 5.10 Å². The minimum atomic E-state index is -0.283. The lowest BCUT2D eigenvalue weighted by molar-refractivity contribution is 0.174. The number of benzene rings is 1. The Morgan fingerprint density at radius 1 is 1.28 bits per heavy atom. The maximum Gasteiger partial charge on any atom is 0.347 e. The Bertz CT molecular complexity index is 1000. The van der Waals surface area contributed by atoms with Gasteiger partial charge in [-0.25, -0.2) is 19.3 Å². The Morgan fingerprint density at radius 2 is 2.08 bits per heavy atom. The molecule has 4 rings (SSSR count). The van der Waals surface area contributed by atoms with Crippen molar-refractivity contribution in [3.05, 3.63) is 46.1 Å². The Hall–Kier alpha value is -3.03. The van der Waals surface area contributed by atoms with Gasteiger partial charge in [-0.2, -0.15) is 0 Å². The van der Waals surface area contributed by atoms with E-state index in [1.54, 1.807) is 6.20 Å². The first-order chi connectivity index (χ1) is 11.9. The number of ether oxygens (including phenoxy) is 2. The minimum absolute atomic E-state index is 0.194. The molecule has 8 nitrogen and oxygen atoms in total. The molecule has 0 atom stereocenters. The summed E-state index contributed by atoms with van der Waals surface area (Å²) in [4.78, 5) is 16.6. The molecule has 3 heterocycles. The molecule has 0 radical (unpaired) electrons. The summed E-state index contributed by atoms with van der Waals surface area (Å²) in [5.41, 5.74) is 1.81. The molecular weight excluding hydrogens is 322 g/mol. The second-order valence-corrected chi connectivity index (χ2v) is 6.99. The van der Waals surface area contributed by atoms with Gasteiger partial charge in [0.1, 0.15) is 0 Å². The lowest BCUT2D eigenvalue weighted by Crippen LogP contribution is -2.19. The average molecular weight is 341 g/mol. The molecule has 0 aliphatic carbocycles. The van der Waals surface area contributed by atoms with Gasteiger partial charge in [-0.3, -0.25) is 0 Å². The normalized spacial score (nSPS) is 13.4. The third-order valence-electron chi connectivity index (χ3n) is 4.07. The molecule has 2 N–H and O–H groups in total. The predicted molar refractivity (Wildman–Crippen MR) is 92.2 cm³/mol. The lowest BCUT2D eigenvalue weighted by Gasteiger charge is -2.19. The van der Waals surface area contributed by atoms with E-state index < -0.39 is 0 Å². The van der Waals surface area contributed by atoms with Crippen LogP contribution in [-0.4, -0.2) is 26.4 Å². The van der Waals surface area contributed by atoms with Crippen molar-refractivity contribution in [2.45, 2.75) is 32.7 Å². The molecule has 0 bridgehead atoms. The fourth-order valence-corrected chi connectivity index (χ4v) is 2.63. The number of hydrogen-bond donors (Lipinski definition) is 2. The van der Waals surface area contributed by atoms with Crippen molar-refractivity contribution in [1.82, 2.24) is 19.6 Å². The van der Waals surface area contributed by atoms with Crippen LogP contribution in [0, 0.1) is 0 Å². The van der Waals surface area contributed by atoms with E-state index in [0.717, 1.165) is 22.8 Å². The largest absolute Gasteiger partial charge is 0.454 e. The van der Waals surface area contributed by atoms with Gasteiger partial charge in [0.05, 0.1) is 5.69 Å². The standard InChI is InChI=1S/C17H19N5O3/c1-17(2,3)13-8-22-15(20-21-16(22)23)14(19-13)18-7-10-4-5-11-12(6-10)25-9-24-11/h4-6,8H,7,9H2,1-3H3,(H,18,19)(H,21,23). The van der Waals surface area contributed by atoms with E-state index in [9.17, 15) is 4.79 Å². The van der Waals surface area contributed by atoms with Crippen LogP contribution in [0.15, 0.2) is 29.2 Å². The van der Waals surface area contributed by atoms with Crippen LogP contribution in [0.5, 0.6) is 11.5 Å². The van der Waals surface area contributed by atoms with Crippen molar-refractivity contribution in [1.29, 1.82) is 0 Å². The highest BCUT2D eigenvalue weighted by molar-refractivity contribution is 5.62. The fourth-order valence-electron chi connectivity index (χ4n) is 2.63. The molecule has 8 heteroatoms. The highest BCUT2D eigenvalue weighted by Crippen LogP contribution is 2.32. The minimum Gasteiger partial charge on any atom is -0.454 e. The van der Waals surface area contributed by atoms with Crippen LogP contribution >= 0.6 is 0 Å². The number of aromatic nitrogens is 4. The van der Waals surface area contributed by atoms with Crippen LogP contribution in [0.4, 0.5) is 5.82 Å². The summed E-state index contributed by atoms with van der Waals surface area (Å²) in [6, 6.07) is 5.77. The van der Waals surface area contributed by atoms with Crippen molar-refractivity contribution >= 4 is 11.5 Å². The zero-order valence-electron chi connectivity index (χ0n) is 14.3. The molecule has 25 heavy (non-hydrogen) atoms. The predicted octanol–water partition coefficient (Wildman–Crippen LogP) is 2.06. The summed E-state index contributed by atoms with van der Waals surface area (Å²) in [7, 11) is 0. The van der Waals surface area contributed by atoms with Crippen LogP contribution in [0.25, 0.3) is 5.65 Å². The molecule has 0 saturated heterocycles. The van der Waals surface area contributed by atoms with Crippen molar-refractivity contribution in [2.24, 2.45) is 0 Å². The molecule has 3 aromatic rings. The zero-order chi connectivity index (χ0) is 17.6. The van der Waals surface area contributed by atoms with Gasteiger partial charge in [0, 0.05) is 18.2 Å². The number of H-pyrrole nitrogens is 1. The van der Waals surface area contributed by atoms with Gasteiger partial charge in [-0.1, -0.05) is 26.8 Å². The van der Waals surface area contributed by atoms with E-state index in [4.69, 9.17) is 9.47 Å². The van der Waals surface area contributed by atoms with Crippen molar-refractivity contribution < 1.29 is 9.47 Å². The molecule has 1 aliphatic rings. The smallest absolute Gasteiger partial charge is 0.347 e. The number of nitrogens with one attached hydrogen (secondary N) is 2. The number of rotatable bonds is 3. The molecule has 0 fully saturated rings. The number of aromatic amines is 1. The second kappa shape index (κ2) is 5.51. The Balaban J connectivity index is 1.67. The molecule has 0 spiro atoms. The van der Waals surface area contributed by atoms with Gasteiger partial charge < -0.3 is 14.8 Å². The number of hydrogen-bond acceptors (Lipinski definition) is 6. The Labute approximate surface area is 143 Å². The molecule has 0 saturated carbocycles. The fraction of sp³-hybridized carbons (Fsp3) is 0.353. The molecule has 130 valence electrons. The molecular formula is C17H19N5O3. The maximum atomic E-state index is 12.0. The Morgan fingerprint density at radius 3 is 2.88 bits per heavy atom. The summed E-state index contributed by atoms with van der Waals surface area (Å²) in [5.74, 6) is 2.04. The van der Waals surface area contributed by atoms with E-state index >= 15 is 0 Å². The van der Waals surface area contributed by atoms with Crippen molar-refractivity contribution in [2.75, 3.05) is 12.1 Å². The van der Waals surface area contributed by atoms with Gasteiger partial charge >= 0.3 is 5.69 Å². The first kappa shape index (κ1) is 15.5. The first-order valence-corrected chi connectivity index (χ1v) is 8.02. The summed E-state index contributed by atoms with van der Waals surface area (Å²) in [6.45, 7) is 6.92. The Kier molecular flexibility index (Phi) is 3.41. The quantitative estimate of drug-likeness (QED) is 0.757. The van der Waals surface area contributed by atoms with E-state index in [1.807, 2.05) is 39.0 Å². The van der Waals surface area contributed by atoms with Crippen LogP contribution in [0.3, 0.4) is 0 Å². The van der Waals surface area contributed by atoms with Gasteiger partial charge in [0.15, 0.2) is 17.3 Å². The monoisotopic (exact) mass is 341 g/mol. The summed E-state index contributed by atoms with van der Waals surface area (Å²) in [5, 5.41) is 9.81. The third-order valence-corrected chi connectivity index (χ3v) is 4.07. The third kappa shape index (κ3) is 2.79. The number of fused-ring (bicyclic) bond motifs is 2. The van der Waals surface area contributed by atoms with Crippen LogP contribution in [-0.2, 0) is 12.0 Å². The van der Waals surface area contributed by atoms with Gasteiger partial charge in [-0.05, 0) is 17.7 Å². The maximum absolute atomic E-state index is 12.0. The first-order valence-electron chi connectivity index (χ1n) is 8.02. The number of nitrogens with zero attached hydrogens (tertiary/aromatic N) is 3. The molecule has 1 aliphatic heterocycles. The van der Waals surface area contributed by atoms with Crippen molar-refractivity contribution in [3.8, 4) is 11.5 Å². The SMILES string of the molecule is CC(C)(C)c1cn2c(=O)[nH]nc2c(NCc2ccc3c(c2)OCO3)n1. The van der Waals surface area contributed by atoms with E-state index in [2.05, 4.69) is 20.5 Å². The summed E-state index contributed by atoms with van der Waals surface area (Å²) >= 11 is 0. The van der Waals surface area contributed by atoms with E-state index in [0.29, 0.717) is 18.0 Å². The van der Waals surface area contributed by atoms with Gasteiger partial charge in [0.2, 0.25) is 12.4 Å². The second-order valence-electron chi connectivity index (χ2n) is 6.99. The van der Waals surface area contributed by atoms with Gasteiger partial charge in [0.25, 0.3) is 0 Å². The van der Waals surface area contributed by atoms with E-state index in [-0.39, 0.29) is 17.9 Å².